The van der Waals surface area contributed by atoms with Gasteiger partial charge in [-0.15, -0.1) is 0 Å². The van der Waals surface area contributed by atoms with Crippen LogP contribution in [-0.2, 0) is 9.47 Å². The molecule has 1 amide bonds. The Hall–Kier alpha value is -1.37. The molecular formula is C15H22N2O4. The number of morpholine rings is 1. The van der Waals surface area contributed by atoms with Crippen molar-refractivity contribution in [2.24, 2.45) is 5.92 Å². The van der Waals surface area contributed by atoms with Gasteiger partial charge in [0.15, 0.2) is 5.76 Å². The molecule has 0 unspecified atom stereocenters. The summed E-state index contributed by atoms with van der Waals surface area (Å²) in [5, 5.41) is 2.99. The van der Waals surface area contributed by atoms with E-state index in [4.69, 9.17) is 13.9 Å². The molecular weight excluding hydrogens is 272 g/mol. The second-order valence-corrected chi connectivity index (χ2v) is 5.53. The van der Waals surface area contributed by atoms with Gasteiger partial charge >= 0.3 is 0 Å². The summed E-state index contributed by atoms with van der Waals surface area (Å²) >= 11 is 0. The third-order valence-corrected chi connectivity index (χ3v) is 4.24. The zero-order valence-electron chi connectivity index (χ0n) is 12.1. The molecule has 2 fully saturated rings. The van der Waals surface area contributed by atoms with E-state index in [1.54, 1.807) is 12.1 Å². The van der Waals surface area contributed by atoms with Gasteiger partial charge in [0.05, 0.1) is 26.1 Å². The van der Waals surface area contributed by atoms with Gasteiger partial charge in [-0.25, -0.2) is 0 Å². The molecule has 2 aliphatic heterocycles. The van der Waals surface area contributed by atoms with E-state index in [-0.39, 0.29) is 5.91 Å². The first kappa shape index (κ1) is 14.6. The highest BCUT2D eigenvalue weighted by molar-refractivity contribution is 5.91. The molecule has 0 aromatic carbocycles. The van der Waals surface area contributed by atoms with Crippen LogP contribution < -0.4 is 5.32 Å². The van der Waals surface area contributed by atoms with Crippen molar-refractivity contribution < 1.29 is 18.7 Å². The van der Waals surface area contributed by atoms with Crippen molar-refractivity contribution in [1.29, 1.82) is 0 Å². The molecule has 6 nitrogen and oxygen atoms in total. The summed E-state index contributed by atoms with van der Waals surface area (Å²) in [4.78, 5) is 14.4. The van der Waals surface area contributed by atoms with Crippen molar-refractivity contribution in [3.05, 3.63) is 24.2 Å². The number of hydrogen-bond acceptors (Lipinski definition) is 5. The fraction of sp³-hybridized carbons (Fsp3) is 0.667. The van der Waals surface area contributed by atoms with E-state index in [2.05, 4.69) is 10.2 Å². The lowest BCUT2D eigenvalue weighted by Crippen LogP contribution is -2.52. The van der Waals surface area contributed by atoms with Crippen LogP contribution >= 0.6 is 0 Å². The zero-order valence-corrected chi connectivity index (χ0v) is 12.1. The SMILES string of the molecule is O=C(NC[C@@H]([C@@H]1CCOC1)N1CCOCC1)c1ccco1. The molecule has 6 heteroatoms. The van der Waals surface area contributed by atoms with E-state index < -0.39 is 0 Å². The van der Waals surface area contributed by atoms with Gasteiger partial charge in [0, 0.05) is 38.2 Å². The molecule has 3 rings (SSSR count). The molecule has 0 spiro atoms. The van der Waals surface area contributed by atoms with E-state index in [0.717, 1.165) is 45.9 Å². The van der Waals surface area contributed by atoms with Crippen LogP contribution in [-0.4, -0.2) is 62.9 Å². The van der Waals surface area contributed by atoms with Gasteiger partial charge in [-0.2, -0.15) is 0 Å². The highest BCUT2D eigenvalue weighted by Gasteiger charge is 2.31. The molecule has 2 atom stereocenters. The molecule has 1 N–H and O–H groups in total. The van der Waals surface area contributed by atoms with Crippen molar-refractivity contribution in [3.8, 4) is 0 Å². The molecule has 1 aromatic rings. The maximum Gasteiger partial charge on any atom is 0.287 e. The molecule has 116 valence electrons. The van der Waals surface area contributed by atoms with E-state index in [9.17, 15) is 4.79 Å². The van der Waals surface area contributed by atoms with E-state index in [1.165, 1.54) is 6.26 Å². The first-order valence-electron chi connectivity index (χ1n) is 7.56. The molecule has 0 radical (unpaired) electrons. The number of carbonyl (C=O) groups excluding carboxylic acids is 1. The van der Waals surface area contributed by atoms with Gasteiger partial charge in [-0.05, 0) is 18.6 Å². The van der Waals surface area contributed by atoms with Gasteiger partial charge in [0.1, 0.15) is 0 Å². The van der Waals surface area contributed by atoms with Crippen molar-refractivity contribution >= 4 is 5.91 Å². The highest BCUT2D eigenvalue weighted by Crippen LogP contribution is 2.22. The number of rotatable bonds is 5. The number of nitrogens with zero attached hydrogens (tertiary/aromatic N) is 1. The molecule has 2 aliphatic rings. The van der Waals surface area contributed by atoms with Crippen LogP contribution in [0.5, 0.6) is 0 Å². The number of ether oxygens (including phenoxy) is 2. The van der Waals surface area contributed by atoms with Crippen LogP contribution in [0.2, 0.25) is 0 Å². The molecule has 0 bridgehead atoms. The standard InChI is InChI=1S/C15H22N2O4/c18-15(14-2-1-6-21-14)16-10-13(12-3-7-20-11-12)17-4-8-19-9-5-17/h1-2,6,12-13H,3-5,7-11H2,(H,16,18)/t12-,13+/m1/s1. The van der Waals surface area contributed by atoms with E-state index >= 15 is 0 Å². The lowest BCUT2D eigenvalue weighted by atomic mass is 9.97. The number of carbonyl (C=O) groups is 1. The summed E-state index contributed by atoms with van der Waals surface area (Å²) in [7, 11) is 0. The molecule has 2 saturated heterocycles. The zero-order chi connectivity index (χ0) is 14.5. The second kappa shape index (κ2) is 7.06. The predicted molar refractivity (Wildman–Crippen MR) is 76.1 cm³/mol. The highest BCUT2D eigenvalue weighted by atomic mass is 16.5. The average Bonchev–Trinajstić information content (AvgIpc) is 3.22. The summed E-state index contributed by atoms with van der Waals surface area (Å²) in [6.07, 6.45) is 2.57. The summed E-state index contributed by atoms with van der Waals surface area (Å²) in [5.74, 6) is 0.676. The Morgan fingerprint density at radius 2 is 2.19 bits per heavy atom. The maximum absolute atomic E-state index is 12.0. The first-order valence-corrected chi connectivity index (χ1v) is 7.56. The summed E-state index contributed by atoms with van der Waals surface area (Å²) in [5.41, 5.74) is 0. The minimum absolute atomic E-state index is 0.155. The minimum atomic E-state index is -0.155. The van der Waals surface area contributed by atoms with Crippen LogP contribution in [0, 0.1) is 5.92 Å². The van der Waals surface area contributed by atoms with Crippen LogP contribution in [0.1, 0.15) is 17.0 Å². The fourth-order valence-corrected chi connectivity index (χ4v) is 3.05. The first-order chi connectivity index (χ1) is 10.3. The van der Waals surface area contributed by atoms with Gasteiger partial charge in [0.2, 0.25) is 0 Å². The van der Waals surface area contributed by atoms with Crippen LogP contribution in [0.15, 0.2) is 22.8 Å². The third-order valence-electron chi connectivity index (χ3n) is 4.24. The van der Waals surface area contributed by atoms with Gasteiger partial charge in [-0.3, -0.25) is 9.69 Å². The van der Waals surface area contributed by atoms with Crippen molar-refractivity contribution in [3.63, 3.8) is 0 Å². The van der Waals surface area contributed by atoms with Crippen LogP contribution in [0.4, 0.5) is 0 Å². The lowest BCUT2D eigenvalue weighted by molar-refractivity contribution is 0.00160. The predicted octanol–water partition coefficient (Wildman–Crippen LogP) is 0.747. The maximum atomic E-state index is 12.0. The molecule has 1 aromatic heterocycles. The normalized spacial score (nSPS) is 24.9. The van der Waals surface area contributed by atoms with Crippen molar-refractivity contribution in [1.82, 2.24) is 10.2 Å². The molecule has 0 saturated carbocycles. The van der Waals surface area contributed by atoms with Crippen molar-refractivity contribution in [2.75, 3.05) is 46.1 Å². The van der Waals surface area contributed by atoms with Crippen molar-refractivity contribution in [2.45, 2.75) is 12.5 Å². The quantitative estimate of drug-likeness (QED) is 0.868. The molecule has 0 aliphatic carbocycles. The topological polar surface area (TPSA) is 63.9 Å². The van der Waals surface area contributed by atoms with E-state index in [1.807, 2.05) is 0 Å². The molecule has 3 heterocycles. The second-order valence-electron chi connectivity index (χ2n) is 5.53. The Bertz CT molecular complexity index is 437. The summed E-state index contributed by atoms with van der Waals surface area (Å²) < 4.78 is 16.1. The average molecular weight is 294 g/mol. The number of furan rings is 1. The van der Waals surface area contributed by atoms with Gasteiger partial charge < -0.3 is 19.2 Å². The Morgan fingerprint density at radius 1 is 1.33 bits per heavy atom. The monoisotopic (exact) mass is 294 g/mol. The number of nitrogens with one attached hydrogen (secondary N) is 1. The van der Waals surface area contributed by atoms with Gasteiger partial charge in [-0.1, -0.05) is 0 Å². The Balaban J connectivity index is 1.59. The van der Waals surface area contributed by atoms with E-state index in [0.29, 0.717) is 24.3 Å². The summed E-state index contributed by atoms with van der Waals surface area (Å²) in [6.45, 7) is 5.56. The summed E-state index contributed by atoms with van der Waals surface area (Å²) in [6, 6.07) is 3.70. The van der Waals surface area contributed by atoms with Crippen LogP contribution in [0.3, 0.4) is 0 Å². The molecule has 21 heavy (non-hydrogen) atoms. The third kappa shape index (κ3) is 3.64. The number of amides is 1. The smallest absolute Gasteiger partial charge is 0.287 e. The largest absolute Gasteiger partial charge is 0.459 e. The Morgan fingerprint density at radius 3 is 2.86 bits per heavy atom. The Kier molecular flexibility index (Phi) is 4.90. The van der Waals surface area contributed by atoms with Crippen LogP contribution in [0.25, 0.3) is 0 Å². The minimum Gasteiger partial charge on any atom is -0.459 e. The lowest BCUT2D eigenvalue weighted by Gasteiger charge is -2.37. The fourth-order valence-electron chi connectivity index (χ4n) is 3.05. The Labute approximate surface area is 124 Å². The number of hydrogen-bond donors (Lipinski definition) is 1. The van der Waals surface area contributed by atoms with Gasteiger partial charge in [0.25, 0.3) is 5.91 Å².